The van der Waals surface area contributed by atoms with Gasteiger partial charge in [-0.2, -0.15) is 4.72 Å². The number of nitrogens with zero attached hydrogens (tertiary/aromatic N) is 2. The Balaban J connectivity index is 1.43. The quantitative estimate of drug-likeness (QED) is 0.212. The lowest BCUT2D eigenvalue weighted by atomic mass is 9.85. The Hall–Kier alpha value is -3.20. The third kappa shape index (κ3) is 7.66. The molecular formula is C33H46ClN5O8S. The summed E-state index contributed by atoms with van der Waals surface area (Å²) in [7, 11) is -3.79. The van der Waals surface area contributed by atoms with E-state index >= 15 is 0 Å². The number of halogens is 1. The van der Waals surface area contributed by atoms with Crippen molar-refractivity contribution in [1.82, 2.24) is 20.3 Å². The molecule has 3 fully saturated rings. The normalized spacial score (nSPS) is 28.2. The van der Waals surface area contributed by atoms with E-state index in [0.717, 1.165) is 5.56 Å². The molecule has 15 heteroatoms. The van der Waals surface area contributed by atoms with Gasteiger partial charge in [0.05, 0.1) is 23.0 Å². The molecule has 6 atom stereocenters. The van der Waals surface area contributed by atoms with Crippen LogP contribution in [0.25, 0.3) is 0 Å². The Bertz CT molecular complexity index is 1620. The lowest BCUT2D eigenvalue weighted by Gasteiger charge is -2.36. The Morgan fingerprint density at radius 3 is 2.44 bits per heavy atom. The van der Waals surface area contributed by atoms with E-state index in [1.165, 1.54) is 4.90 Å². The van der Waals surface area contributed by atoms with Crippen LogP contribution in [0.2, 0.25) is 5.02 Å². The molecule has 1 spiro atoms. The Labute approximate surface area is 286 Å². The molecule has 2 unspecified atom stereocenters. The van der Waals surface area contributed by atoms with Gasteiger partial charge >= 0.3 is 6.09 Å². The van der Waals surface area contributed by atoms with Gasteiger partial charge in [0, 0.05) is 29.3 Å². The van der Waals surface area contributed by atoms with E-state index in [0.29, 0.717) is 23.6 Å². The molecule has 1 aromatic rings. The van der Waals surface area contributed by atoms with Crippen molar-refractivity contribution in [2.24, 2.45) is 16.5 Å². The van der Waals surface area contributed by atoms with Gasteiger partial charge in [0.15, 0.2) is 5.60 Å². The van der Waals surface area contributed by atoms with E-state index in [1.54, 1.807) is 65.8 Å². The van der Waals surface area contributed by atoms with Crippen LogP contribution in [0.4, 0.5) is 4.79 Å². The first-order valence-corrected chi connectivity index (χ1v) is 18.1. The van der Waals surface area contributed by atoms with E-state index in [9.17, 15) is 27.9 Å². The monoisotopic (exact) mass is 707 g/mol. The smallest absolute Gasteiger partial charge is 0.408 e. The van der Waals surface area contributed by atoms with Gasteiger partial charge < -0.3 is 30.2 Å². The zero-order valence-corrected chi connectivity index (χ0v) is 29.8. The predicted molar refractivity (Wildman–Crippen MR) is 179 cm³/mol. The third-order valence-corrected chi connectivity index (χ3v) is 11.3. The van der Waals surface area contributed by atoms with Gasteiger partial charge in [0.2, 0.25) is 21.8 Å². The molecule has 0 radical (unpaired) electrons. The van der Waals surface area contributed by atoms with E-state index < -0.39 is 79.6 Å². The topological polar surface area (TPSA) is 176 Å². The molecule has 3 amide bonds. The standard InChI is InChI=1S/C33H46ClN5O8S/c1-8-20-15-33(20,28(42)38-48(44,45)22-12-13-22)36-26(40)24-17-32(16-23(37-47-32)19-10-9-11-21(34)14-19)18-39(24)27(41)25(30(2,3)4)35-29(43)46-31(5,6)7/h8-11,14,20,22,24-25,28,38,42H,1,12-13,15-18H2,2-7H3,(H,35,43)(H,36,40)/t20-,24+,25-,28?,32?,33-/m1/s1. The van der Waals surface area contributed by atoms with Gasteiger partial charge in [-0.3, -0.25) is 9.59 Å². The minimum absolute atomic E-state index is 0.0329. The summed E-state index contributed by atoms with van der Waals surface area (Å²) in [6.07, 6.45) is 0.700. The predicted octanol–water partition coefficient (Wildman–Crippen LogP) is 3.20. The number of hydrogen-bond acceptors (Lipinski definition) is 9. The number of likely N-dealkylation sites (tertiary alicyclic amines) is 1. The van der Waals surface area contributed by atoms with Crippen LogP contribution in [0, 0.1) is 11.3 Å². The molecule has 1 saturated heterocycles. The van der Waals surface area contributed by atoms with Crippen molar-refractivity contribution in [2.75, 3.05) is 6.54 Å². The van der Waals surface area contributed by atoms with Crippen LogP contribution in [0.15, 0.2) is 42.1 Å². The molecule has 48 heavy (non-hydrogen) atoms. The summed E-state index contributed by atoms with van der Waals surface area (Å²) >= 11 is 6.22. The van der Waals surface area contributed by atoms with Gasteiger partial charge in [0.1, 0.15) is 23.9 Å². The molecule has 2 aliphatic carbocycles. The van der Waals surface area contributed by atoms with Crippen molar-refractivity contribution in [1.29, 1.82) is 0 Å². The lowest BCUT2D eigenvalue weighted by Crippen LogP contribution is -2.61. The molecule has 2 heterocycles. The number of rotatable bonds is 10. The van der Waals surface area contributed by atoms with E-state index in [1.807, 2.05) is 6.07 Å². The van der Waals surface area contributed by atoms with E-state index in [-0.39, 0.29) is 25.8 Å². The van der Waals surface area contributed by atoms with Crippen LogP contribution < -0.4 is 15.4 Å². The second-order valence-corrected chi connectivity index (χ2v) is 17.9. The van der Waals surface area contributed by atoms with Gasteiger partial charge in [-0.15, -0.1) is 6.58 Å². The zero-order chi connectivity index (χ0) is 35.4. The number of ether oxygens (including phenoxy) is 1. The van der Waals surface area contributed by atoms with Crippen LogP contribution in [0.3, 0.4) is 0 Å². The zero-order valence-electron chi connectivity index (χ0n) is 28.2. The van der Waals surface area contributed by atoms with Gasteiger partial charge in [0.25, 0.3) is 0 Å². The number of aliphatic hydroxyl groups is 1. The fourth-order valence-corrected chi connectivity index (χ4v) is 8.03. The number of nitrogens with one attached hydrogen (secondary N) is 3. The molecule has 2 aliphatic heterocycles. The molecule has 1 aromatic carbocycles. The summed E-state index contributed by atoms with van der Waals surface area (Å²) in [5.74, 6) is -1.57. The average molecular weight is 708 g/mol. The average Bonchev–Trinajstić information content (AvgIpc) is 3.87. The molecule has 2 saturated carbocycles. The van der Waals surface area contributed by atoms with Crippen LogP contribution in [-0.4, -0.2) is 88.9 Å². The van der Waals surface area contributed by atoms with Gasteiger partial charge in [-0.05, 0) is 57.6 Å². The fourth-order valence-electron chi connectivity index (χ4n) is 6.37. The molecule has 264 valence electrons. The van der Waals surface area contributed by atoms with Crippen molar-refractivity contribution in [3.05, 3.63) is 47.5 Å². The Kier molecular flexibility index (Phi) is 9.47. The number of aliphatic hydroxyl groups excluding tert-OH is 1. The summed E-state index contributed by atoms with van der Waals surface area (Å²) < 4.78 is 33.2. The second kappa shape index (κ2) is 12.6. The number of sulfonamides is 1. The SMILES string of the molecule is C=C[C@@H]1C[C@]1(NC(=O)[C@@H]1CC2(CC(c3cccc(Cl)c3)=NO2)CN1C(=O)[C@@H](NC(=O)OC(C)(C)C)C(C)(C)C)C(O)NS(=O)(=O)C1CC1. The number of oxime groups is 1. The number of benzene rings is 1. The van der Waals surface area contributed by atoms with E-state index in [2.05, 4.69) is 27.1 Å². The molecule has 13 nitrogen and oxygen atoms in total. The maximum Gasteiger partial charge on any atom is 0.408 e. The van der Waals surface area contributed by atoms with E-state index in [4.69, 9.17) is 21.2 Å². The van der Waals surface area contributed by atoms with Crippen LogP contribution in [-0.2, 0) is 29.2 Å². The van der Waals surface area contributed by atoms with Crippen LogP contribution >= 0.6 is 11.6 Å². The van der Waals surface area contributed by atoms with Gasteiger partial charge in [-0.25, -0.2) is 13.2 Å². The molecule has 0 bridgehead atoms. The minimum atomic E-state index is -3.79. The number of carbonyl (C=O) groups is 3. The third-order valence-electron chi connectivity index (χ3n) is 9.18. The highest BCUT2D eigenvalue weighted by Gasteiger charge is 2.62. The second-order valence-electron chi connectivity index (χ2n) is 15.5. The summed E-state index contributed by atoms with van der Waals surface area (Å²) in [5.41, 5.74) is -2.72. The van der Waals surface area contributed by atoms with Crippen LogP contribution in [0.5, 0.6) is 0 Å². The van der Waals surface area contributed by atoms with Crippen molar-refractivity contribution in [3.63, 3.8) is 0 Å². The Morgan fingerprint density at radius 2 is 1.88 bits per heavy atom. The largest absolute Gasteiger partial charge is 0.444 e. The number of amides is 3. The summed E-state index contributed by atoms with van der Waals surface area (Å²) in [4.78, 5) is 49.0. The molecular weight excluding hydrogens is 662 g/mol. The molecule has 5 rings (SSSR count). The maximum absolute atomic E-state index is 14.5. The number of carbonyl (C=O) groups excluding carboxylic acids is 3. The van der Waals surface area contributed by atoms with Gasteiger partial charge in [-0.1, -0.05) is 55.7 Å². The molecule has 4 N–H and O–H groups in total. The summed E-state index contributed by atoms with van der Waals surface area (Å²) in [6, 6.07) is 4.90. The highest BCUT2D eigenvalue weighted by molar-refractivity contribution is 7.90. The van der Waals surface area contributed by atoms with Crippen molar-refractivity contribution in [3.8, 4) is 0 Å². The van der Waals surface area contributed by atoms with Crippen molar-refractivity contribution >= 4 is 45.2 Å². The lowest BCUT2D eigenvalue weighted by molar-refractivity contribution is -0.143. The fraction of sp³-hybridized carbons (Fsp3) is 0.636. The van der Waals surface area contributed by atoms with Crippen molar-refractivity contribution in [2.45, 2.75) is 114 Å². The highest BCUT2D eigenvalue weighted by Crippen LogP contribution is 2.48. The number of hydrogen-bond donors (Lipinski definition) is 4. The summed E-state index contributed by atoms with van der Waals surface area (Å²) in [6.45, 7) is 14.3. The summed E-state index contributed by atoms with van der Waals surface area (Å²) in [5, 5.41) is 21.0. The minimum Gasteiger partial charge on any atom is -0.444 e. The first-order valence-electron chi connectivity index (χ1n) is 16.1. The highest BCUT2D eigenvalue weighted by atomic mass is 35.5. The first-order chi connectivity index (χ1) is 22.2. The molecule has 4 aliphatic rings. The van der Waals surface area contributed by atoms with Crippen LogP contribution in [0.1, 0.15) is 79.2 Å². The Morgan fingerprint density at radius 1 is 1.19 bits per heavy atom. The molecule has 0 aromatic heterocycles. The number of alkyl carbamates (subject to hydrolysis) is 1. The maximum atomic E-state index is 14.5. The van der Waals surface area contributed by atoms with Crippen molar-refractivity contribution < 1.29 is 37.5 Å². The first kappa shape index (κ1) is 36.1.